The number of para-hydroxylation sites is 1. The SMILES string of the molecule is O=c1cc(-c2ccc(O)cc2)oc(-c2ccccc2[N+](=O)[O-])c1. The van der Waals surface area contributed by atoms with Crippen LogP contribution >= 0.6 is 0 Å². The van der Waals surface area contributed by atoms with Gasteiger partial charge in [-0.2, -0.15) is 0 Å². The molecule has 0 unspecified atom stereocenters. The van der Waals surface area contributed by atoms with Crippen LogP contribution in [0.15, 0.2) is 69.9 Å². The number of nitro benzene ring substituents is 1. The number of phenols is 1. The van der Waals surface area contributed by atoms with Crippen molar-refractivity contribution in [2.24, 2.45) is 0 Å². The van der Waals surface area contributed by atoms with Crippen LogP contribution in [0.1, 0.15) is 0 Å². The lowest BCUT2D eigenvalue weighted by Gasteiger charge is -2.06. The number of nitro groups is 1. The molecule has 1 N–H and O–H groups in total. The molecule has 2 aromatic carbocycles. The van der Waals surface area contributed by atoms with Gasteiger partial charge in [0.1, 0.15) is 17.3 Å². The number of nitrogens with zero attached hydrogens (tertiary/aromatic N) is 1. The number of phenolic OH excluding ortho intramolecular Hbond substituents is 1. The van der Waals surface area contributed by atoms with Crippen LogP contribution in [0, 0.1) is 10.1 Å². The van der Waals surface area contributed by atoms with Gasteiger partial charge in [-0.3, -0.25) is 14.9 Å². The molecule has 0 fully saturated rings. The van der Waals surface area contributed by atoms with Gasteiger partial charge in [0.2, 0.25) is 0 Å². The Morgan fingerprint density at radius 2 is 1.61 bits per heavy atom. The Kier molecular flexibility index (Phi) is 3.64. The summed E-state index contributed by atoms with van der Waals surface area (Å²) < 4.78 is 5.67. The quantitative estimate of drug-likeness (QED) is 0.589. The van der Waals surface area contributed by atoms with E-state index in [9.17, 15) is 20.0 Å². The summed E-state index contributed by atoms with van der Waals surface area (Å²) in [5, 5.41) is 20.5. The van der Waals surface area contributed by atoms with Crippen LogP contribution in [0.4, 0.5) is 5.69 Å². The minimum atomic E-state index is -0.525. The lowest BCUT2D eigenvalue weighted by molar-refractivity contribution is -0.384. The molecule has 23 heavy (non-hydrogen) atoms. The minimum absolute atomic E-state index is 0.0888. The zero-order chi connectivity index (χ0) is 16.4. The van der Waals surface area contributed by atoms with Gasteiger partial charge in [-0.25, -0.2) is 0 Å². The van der Waals surface area contributed by atoms with Crippen LogP contribution in [0.2, 0.25) is 0 Å². The Bertz CT molecular complexity index is 928. The number of aromatic hydroxyl groups is 1. The summed E-state index contributed by atoms with van der Waals surface area (Å²) in [4.78, 5) is 22.5. The van der Waals surface area contributed by atoms with Crippen LogP contribution < -0.4 is 5.43 Å². The maximum absolute atomic E-state index is 11.9. The largest absolute Gasteiger partial charge is 0.508 e. The van der Waals surface area contributed by atoms with Crippen molar-refractivity contribution < 1.29 is 14.4 Å². The molecule has 0 atom stereocenters. The second kappa shape index (κ2) is 5.76. The number of benzene rings is 2. The molecule has 0 aliphatic carbocycles. The van der Waals surface area contributed by atoms with Gasteiger partial charge < -0.3 is 9.52 Å². The first kappa shape index (κ1) is 14.5. The highest BCUT2D eigenvalue weighted by atomic mass is 16.6. The first-order valence-electron chi connectivity index (χ1n) is 6.73. The summed E-state index contributed by atoms with van der Waals surface area (Å²) in [5.41, 5.74) is 0.349. The average molecular weight is 309 g/mol. The van der Waals surface area contributed by atoms with E-state index in [-0.39, 0.29) is 33.9 Å². The maximum atomic E-state index is 11.9. The molecule has 0 saturated heterocycles. The Morgan fingerprint density at radius 1 is 0.957 bits per heavy atom. The fraction of sp³-hybridized carbons (Fsp3) is 0. The van der Waals surface area contributed by atoms with E-state index in [2.05, 4.69) is 0 Å². The molecular formula is C17H11NO5. The summed E-state index contributed by atoms with van der Waals surface area (Å²) in [6, 6.07) is 14.7. The van der Waals surface area contributed by atoms with Gasteiger partial charge in [0.25, 0.3) is 5.69 Å². The van der Waals surface area contributed by atoms with Crippen LogP contribution in [-0.2, 0) is 0 Å². The Hall–Kier alpha value is -3.41. The van der Waals surface area contributed by atoms with Crippen molar-refractivity contribution in [1.29, 1.82) is 0 Å². The van der Waals surface area contributed by atoms with E-state index < -0.39 is 4.92 Å². The van der Waals surface area contributed by atoms with Crippen molar-refractivity contribution in [3.05, 3.63) is 81.0 Å². The lowest BCUT2D eigenvalue weighted by atomic mass is 10.1. The molecule has 0 bridgehead atoms. The van der Waals surface area contributed by atoms with Crippen molar-refractivity contribution in [1.82, 2.24) is 0 Å². The highest BCUT2D eigenvalue weighted by Gasteiger charge is 2.17. The molecule has 0 spiro atoms. The molecule has 3 rings (SSSR count). The van der Waals surface area contributed by atoms with E-state index in [4.69, 9.17) is 4.42 Å². The lowest BCUT2D eigenvalue weighted by Crippen LogP contribution is -2.00. The van der Waals surface area contributed by atoms with E-state index >= 15 is 0 Å². The van der Waals surface area contributed by atoms with E-state index in [1.807, 2.05) is 0 Å². The molecule has 0 amide bonds. The van der Waals surface area contributed by atoms with Crippen molar-refractivity contribution >= 4 is 5.69 Å². The molecule has 6 nitrogen and oxygen atoms in total. The van der Waals surface area contributed by atoms with Crippen molar-refractivity contribution in [3.63, 3.8) is 0 Å². The van der Waals surface area contributed by atoms with Crippen molar-refractivity contribution in [3.8, 4) is 28.4 Å². The normalized spacial score (nSPS) is 10.4. The van der Waals surface area contributed by atoms with Gasteiger partial charge in [0.05, 0.1) is 10.5 Å². The van der Waals surface area contributed by atoms with Crippen LogP contribution in [0.3, 0.4) is 0 Å². The molecule has 114 valence electrons. The molecule has 0 saturated carbocycles. The third-order valence-electron chi connectivity index (χ3n) is 3.28. The first-order valence-corrected chi connectivity index (χ1v) is 6.73. The first-order chi connectivity index (χ1) is 11.0. The topological polar surface area (TPSA) is 93.6 Å². The smallest absolute Gasteiger partial charge is 0.280 e. The monoisotopic (exact) mass is 309 g/mol. The molecule has 1 aromatic heterocycles. The second-order valence-corrected chi connectivity index (χ2v) is 4.84. The van der Waals surface area contributed by atoms with Crippen LogP contribution in [0.25, 0.3) is 22.6 Å². The predicted molar refractivity (Wildman–Crippen MR) is 84.2 cm³/mol. The van der Waals surface area contributed by atoms with E-state index in [0.29, 0.717) is 5.56 Å². The highest BCUT2D eigenvalue weighted by molar-refractivity contribution is 5.70. The van der Waals surface area contributed by atoms with Gasteiger partial charge in [-0.1, -0.05) is 12.1 Å². The minimum Gasteiger partial charge on any atom is -0.508 e. The fourth-order valence-electron chi connectivity index (χ4n) is 2.22. The Balaban J connectivity index is 2.17. The highest BCUT2D eigenvalue weighted by Crippen LogP contribution is 2.31. The third-order valence-corrected chi connectivity index (χ3v) is 3.28. The third kappa shape index (κ3) is 2.96. The molecule has 1 heterocycles. The summed E-state index contributed by atoms with van der Waals surface area (Å²) in [5.74, 6) is 0.476. The number of rotatable bonds is 3. The van der Waals surface area contributed by atoms with Crippen LogP contribution in [0.5, 0.6) is 5.75 Å². The standard InChI is InChI=1S/C17H11NO5/c19-12-7-5-11(6-8-12)16-9-13(20)10-17(23-16)14-3-1-2-4-15(14)18(21)22/h1-10,19H. The molecule has 3 aromatic rings. The summed E-state index contributed by atoms with van der Waals surface area (Å²) in [6.45, 7) is 0. The molecule has 6 heteroatoms. The van der Waals surface area contributed by atoms with Gasteiger partial charge in [-0.05, 0) is 30.3 Å². The zero-order valence-electron chi connectivity index (χ0n) is 11.8. The van der Waals surface area contributed by atoms with E-state index in [1.165, 1.54) is 36.4 Å². The van der Waals surface area contributed by atoms with E-state index in [0.717, 1.165) is 0 Å². The van der Waals surface area contributed by atoms with Crippen LogP contribution in [-0.4, -0.2) is 10.0 Å². The fourth-order valence-corrected chi connectivity index (χ4v) is 2.22. The maximum Gasteiger partial charge on any atom is 0.280 e. The summed E-state index contributed by atoms with van der Waals surface area (Å²) >= 11 is 0. The Labute approximate surface area is 130 Å². The van der Waals surface area contributed by atoms with Crippen molar-refractivity contribution in [2.75, 3.05) is 0 Å². The zero-order valence-corrected chi connectivity index (χ0v) is 11.8. The summed E-state index contributed by atoms with van der Waals surface area (Å²) in [6.07, 6.45) is 0. The number of hydrogen-bond acceptors (Lipinski definition) is 5. The molecule has 0 radical (unpaired) electrons. The molecule has 0 aliphatic rings. The Morgan fingerprint density at radius 3 is 2.30 bits per heavy atom. The van der Waals surface area contributed by atoms with Gasteiger partial charge in [0, 0.05) is 23.8 Å². The molecular weight excluding hydrogens is 298 g/mol. The predicted octanol–water partition coefficient (Wildman–Crippen LogP) is 3.59. The van der Waals surface area contributed by atoms with Gasteiger partial charge in [0.15, 0.2) is 5.43 Å². The van der Waals surface area contributed by atoms with Gasteiger partial charge >= 0.3 is 0 Å². The molecule has 0 aliphatic heterocycles. The summed E-state index contributed by atoms with van der Waals surface area (Å²) in [7, 11) is 0. The van der Waals surface area contributed by atoms with E-state index in [1.54, 1.807) is 24.3 Å². The average Bonchev–Trinajstić information content (AvgIpc) is 2.55. The second-order valence-electron chi connectivity index (χ2n) is 4.84. The van der Waals surface area contributed by atoms with Crippen molar-refractivity contribution in [2.45, 2.75) is 0 Å². The van der Waals surface area contributed by atoms with Gasteiger partial charge in [-0.15, -0.1) is 0 Å². The number of hydrogen-bond donors (Lipinski definition) is 1.